The number of ketones is 1. The molecule has 3 N–H and O–H groups in total. The average molecular weight is 367 g/mol. The summed E-state index contributed by atoms with van der Waals surface area (Å²) in [4.78, 5) is 31.9. The van der Waals surface area contributed by atoms with Gasteiger partial charge in [-0.1, -0.05) is 35.9 Å². The Morgan fingerprint density at radius 3 is 2.35 bits per heavy atom. The molecule has 130 valence electrons. The molecule has 0 radical (unpaired) electrons. The maximum atomic E-state index is 12.4. The first-order valence-corrected chi connectivity index (χ1v) is 8.15. The number of halogens is 1. The minimum atomic E-state index is -0.480. The highest BCUT2D eigenvalue weighted by atomic mass is 35.5. The number of nitrogens with one attached hydrogen (secondary N) is 1. The van der Waals surface area contributed by atoms with Crippen molar-refractivity contribution < 1.29 is 9.59 Å². The fourth-order valence-electron chi connectivity index (χ4n) is 2.35. The topological polar surface area (TPSA) is 98.0 Å². The third-order valence-corrected chi connectivity index (χ3v) is 3.90. The van der Waals surface area contributed by atoms with Gasteiger partial charge in [0, 0.05) is 35.1 Å². The lowest BCUT2D eigenvalue weighted by Gasteiger charge is -2.07. The molecular formula is C19H15ClN4O2. The number of nitrogens with two attached hydrogens (primary N) is 1. The quantitative estimate of drug-likeness (QED) is 0.653. The number of amides is 1. The van der Waals surface area contributed by atoms with Gasteiger partial charge in [0.05, 0.1) is 5.56 Å². The molecule has 1 heterocycles. The number of carbonyl (C=O) groups excluding carboxylic acids is 2. The van der Waals surface area contributed by atoms with Crippen LogP contribution >= 0.6 is 11.6 Å². The first-order chi connectivity index (χ1) is 12.5. The molecule has 1 aromatic heterocycles. The highest BCUT2D eigenvalue weighted by Crippen LogP contribution is 2.15. The van der Waals surface area contributed by atoms with Crippen LogP contribution < -0.4 is 11.1 Å². The summed E-state index contributed by atoms with van der Waals surface area (Å²) in [6.45, 7) is 0.419. The monoisotopic (exact) mass is 366 g/mol. The van der Waals surface area contributed by atoms with Gasteiger partial charge in [0.25, 0.3) is 0 Å². The Bertz CT molecular complexity index is 958. The number of rotatable bonds is 6. The molecule has 3 rings (SSSR count). The minimum Gasteiger partial charge on any atom is -0.366 e. The molecule has 0 bridgehead atoms. The Kier molecular flexibility index (Phi) is 5.24. The molecular weight excluding hydrogens is 352 g/mol. The van der Waals surface area contributed by atoms with Crippen LogP contribution in [-0.2, 0) is 6.54 Å². The van der Waals surface area contributed by atoms with Crippen LogP contribution in [0.1, 0.15) is 31.8 Å². The smallest absolute Gasteiger partial charge is 0.248 e. The van der Waals surface area contributed by atoms with Crippen LogP contribution in [0.5, 0.6) is 0 Å². The van der Waals surface area contributed by atoms with Crippen molar-refractivity contribution in [3.8, 4) is 0 Å². The van der Waals surface area contributed by atoms with Crippen LogP contribution in [0.15, 0.2) is 60.9 Å². The lowest BCUT2D eigenvalue weighted by atomic mass is 10.1. The van der Waals surface area contributed by atoms with E-state index in [9.17, 15) is 9.59 Å². The maximum absolute atomic E-state index is 12.4. The molecule has 1 amide bonds. The van der Waals surface area contributed by atoms with Crippen LogP contribution in [0.4, 0.5) is 5.95 Å². The van der Waals surface area contributed by atoms with Gasteiger partial charge in [0.15, 0.2) is 5.78 Å². The number of anilines is 1. The summed E-state index contributed by atoms with van der Waals surface area (Å²) in [6, 6.07) is 13.7. The van der Waals surface area contributed by atoms with Crippen molar-refractivity contribution in [1.82, 2.24) is 9.97 Å². The van der Waals surface area contributed by atoms with Crippen molar-refractivity contribution in [2.24, 2.45) is 5.73 Å². The highest BCUT2D eigenvalue weighted by Gasteiger charge is 2.11. The van der Waals surface area contributed by atoms with Gasteiger partial charge in [-0.3, -0.25) is 9.59 Å². The van der Waals surface area contributed by atoms with Gasteiger partial charge in [0.1, 0.15) is 0 Å². The zero-order chi connectivity index (χ0) is 18.5. The fraction of sp³-hybridized carbons (Fsp3) is 0.0526. The summed E-state index contributed by atoms with van der Waals surface area (Å²) in [5, 5.41) is 3.53. The zero-order valence-electron chi connectivity index (χ0n) is 13.6. The molecule has 7 heteroatoms. The average Bonchev–Trinajstić information content (AvgIpc) is 2.66. The van der Waals surface area contributed by atoms with Gasteiger partial charge in [0.2, 0.25) is 11.9 Å². The number of nitrogens with zero attached hydrogens (tertiary/aromatic N) is 2. The van der Waals surface area contributed by atoms with Gasteiger partial charge in [-0.25, -0.2) is 9.97 Å². The van der Waals surface area contributed by atoms with E-state index in [0.717, 1.165) is 5.56 Å². The molecule has 0 saturated heterocycles. The third-order valence-electron chi connectivity index (χ3n) is 3.66. The van der Waals surface area contributed by atoms with Crippen molar-refractivity contribution in [2.75, 3.05) is 5.32 Å². The lowest BCUT2D eigenvalue weighted by molar-refractivity contribution is 0.0998. The first-order valence-electron chi connectivity index (χ1n) is 7.78. The lowest BCUT2D eigenvalue weighted by Crippen LogP contribution is -2.12. The van der Waals surface area contributed by atoms with E-state index in [1.807, 2.05) is 6.07 Å². The predicted octanol–water partition coefficient (Wildman–Crippen LogP) is 3.07. The van der Waals surface area contributed by atoms with Gasteiger partial charge >= 0.3 is 0 Å². The number of carbonyl (C=O) groups is 2. The van der Waals surface area contributed by atoms with E-state index in [4.69, 9.17) is 17.3 Å². The summed E-state index contributed by atoms with van der Waals surface area (Å²) < 4.78 is 0. The molecule has 2 aromatic carbocycles. The van der Waals surface area contributed by atoms with Gasteiger partial charge in [-0.15, -0.1) is 0 Å². The molecule has 0 spiro atoms. The molecule has 6 nitrogen and oxygen atoms in total. The van der Waals surface area contributed by atoms with Crippen LogP contribution in [-0.4, -0.2) is 21.7 Å². The van der Waals surface area contributed by atoms with E-state index < -0.39 is 5.91 Å². The number of hydrogen-bond acceptors (Lipinski definition) is 5. The Morgan fingerprint density at radius 2 is 1.65 bits per heavy atom. The second-order valence-corrected chi connectivity index (χ2v) is 5.99. The Morgan fingerprint density at radius 1 is 0.962 bits per heavy atom. The van der Waals surface area contributed by atoms with Crippen LogP contribution in [0.25, 0.3) is 0 Å². The highest BCUT2D eigenvalue weighted by molar-refractivity contribution is 6.31. The van der Waals surface area contributed by atoms with Crippen molar-refractivity contribution in [3.63, 3.8) is 0 Å². The molecule has 0 saturated carbocycles. The predicted molar refractivity (Wildman–Crippen MR) is 99.2 cm³/mol. The third kappa shape index (κ3) is 4.23. The number of benzene rings is 2. The summed E-state index contributed by atoms with van der Waals surface area (Å²) in [5.74, 6) is -0.308. The zero-order valence-corrected chi connectivity index (χ0v) is 14.4. The van der Waals surface area contributed by atoms with Gasteiger partial charge < -0.3 is 11.1 Å². The number of primary amides is 1. The molecule has 0 atom stereocenters. The molecule has 0 aliphatic carbocycles. The minimum absolute atomic E-state index is 0.201. The van der Waals surface area contributed by atoms with E-state index >= 15 is 0 Å². The van der Waals surface area contributed by atoms with Crippen LogP contribution in [0, 0.1) is 0 Å². The van der Waals surface area contributed by atoms with Crippen LogP contribution in [0.2, 0.25) is 5.02 Å². The van der Waals surface area contributed by atoms with Gasteiger partial charge in [-0.2, -0.15) is 0 Å². The summed E-state index contributed by atoms with van der Waals surface area (Å²) in [5.41, 5.74) is 7.42. The first kappa shape index (κ1) is 17.6. The molecule has 26 heavy (non-hydrogen) atoms. The molecule has 0 aliphatic rings. The fourth-order valence-corrected chi connectivity index (χ4v) is 2.54. The summed E-state index contributed by atoms with van der Waals surface area (Å²) >= 11 is 5.91. The SMILES string of the molecule is NC(=O)c1cccc(CNc2ncc(C(=O)c3cccc(Cl)c3)cn2)c1. The van der Waals surface area contributed by atoms with Crippen molar-refractivity contribution in [2.45, 2.75) is 6.54 Å². The largest absolute Gasteiger partial charge is 0.366 e. The van der Waals surface area contributed by atoms with Crippen molar-refractivity contribution >= 4 is 29.2 Å². The Hall–Kier alpha value is -3.25. The van der Waals surface area contributed by atoms with E-state index in [2.05, 4.69) is 15.3 Å². The molecule has 0 aliphatic heterocycles. The van der Waals surface area contributed by atoms with Crippen molar-refractivity contribution in [3.05, 3.63) is 88.2 Å². The maximum Gasteiger partial charge on any atom is 0.248 e. The number of aromatic nitrogens is 2. The summed E-state index contributed by atoms with van der Waals surface area (Å²) in [6.07, 6.45) is 2.91. The van der Waals surface area contributed by atoms with E-state index in [-0.39, 0.29) is 5.78 Å². The van der Waals surface area contributed by atoms with Crippen LogP contribution in [0.3, 0.4) is 0 Å². The number of hydrogen-bond donors (Lipinski definition) is 2. The molecule has 0 unspecified atom stereocenters. The normalized spacial score (nSPS) is 10.3. The van der Waals surface area contributed by atoms with Crippen molar-refractivity contribution in [1.29, 1.82) is 0 Å². The van der Waals surface area contributed by atoms with E-state index in [0.29, 0.717) is 34.2 Å². The van der Waals surface area contributed by atoms with E-state index in [1.165, 1.54) is 12.4 Å². The Balaban J connectivity index is 1.67. The molecule has 0 fully saturated rings. The Labute approximate surface area is 155 Å². The standard InChI is InChI=1S/C19H15ClN4O2/c20-16-6-2-4-13(8-16)17(25)15-10-23-19(24-11-15)22-9-12-3-1-5-14(7-12)18(21)26/h1-8,10-11H,9H2,(H2,21,26)(H,22,23,24). The summed E-state index contributed by atoms with van der Waals surface area (Å²) in [7, 11) is 0. The molecule has 3 aromatic rings. The van der Waals surface area contributed by atoms with Gasteiger partial charge in [-0.05, 0) is 29.8 Å². The second-order valence-electron chi connectivity index (χ2n) is 5.55. The second kappa shape index (κ2) is 7.76. The van der Waals surface area contributed by atoms with E-state index in [1.54, 1.807) is 42.5 Å².